The van der Waals surface area contributed by atoms with Gasteiger partial charge in [-0.15, -0.1) is 0 Å². The van der Waals surface area contributed by atoms with E-state index in [2.05, 4.69) is 5.32 Å². The molecule has 2 N–H and O–H groups in total. The molecule has 0 aliphatic rings. The second kappa shape index (κ2) is 6.75. The zero-order chi connectivity index (χ0) is 16.4. The lowest BCUT2D eigenvalue weighted by atomic mass is 10.1. The van der Waals surface area contributed by atoms with Crippen molar-refractivity contribution in [2.24, 2.45) is 0 Å². The molecule has 2 rings (SSSR count). The molecule has 0 aliphatic carbocycles. The third-order valence-corrected chi connectivity index (χ3v) is 3.98. The van der Waals surface area contributed by atoms with Gasteiger partial charge < -0.3 is 10.4 Å². The average molecular weight is 379 g/mol. The van der Waals surface area contributed by atoms with Gasteiger partial charge >= 0.3 is 5.97 Å². The highest BCUT2D eigenvalue weighted by atomic mass is 35.5. The van der Waals surface area contributed by atoms with Crippen molar-refractivity contribution < 1.29 is 14.7 Å². The number of benzene rings is 2. The maximum absolute atomic E-state index is 12.3. The van der Waals surface area contributed by atoms with Crippen LogP contribution in [0, 0.1) is 0 Å². The minimum absolute atomic E-state index is 0.0418. The van der Waals surface area contributed by atoms with E-state index in [9.17, 15) is 9.59 Å². The Morgan fingerprint density at radius 1 is 0.864 bits per heavy atom. The molecule has 0 heterocycles. The van der Waals surface area contributed by atoms with Crippen LogP contribution in [0.4, 0.5) is 5.69 Å². The lowest BCUT2D eigenvalue weighted by molar-refractivity contribution is 0.0692. The van der Waals surface area contributed by atoms with Gasteiger partial charge in [-0.3, -0.25) is 4.79 Å². The predicted molar refractivity (Wildman–Crippen MR) is 87.8 cm³/mol. The third-order valence-electron chi connectivity index (χ3n) is 2.71. The maximum Gasteiger partial charge on any atom is 0.336 e. The molecule has 0 atom stereocenters. The number of carboxylic acid groups (broad SMARTS) is 1. The number of nitrogens with one attached hydrogen (secondary N) is 1. The number of hydrogen-bond acceptors (Lipinski definition) is 2. The van der Waals surface area contributed by atoms with Gasteiger partial charge in [0.1, 0.15) is 0 Å². The Bertz CT molecular complexity index is 777. The van der Waals surface area contributed by atoms with Crippen molar-refractivity contribution in [2.75, 3.05) is 5.32 Å². The Labute approximate surface area is 145 Å². The van der Waals surface area contributed by atoms with E-state index < -0.39 is 11.9 Å². The van der Waals surface area contributed by atoms with Gasteiger partial charge in [0.25, 0.3) is 5.91 Å². The first-order valence-electron chi connectivity index (χ1n) is 5.78. The van der Waals surface area contributed by atoms with Gasteiger partial charge in [-0.25, -0.2) is 4.79 Å². The fraction of sp³-hybridized carbons (Fsp3) is 0. The summed E-state index contributed by atoms with van der Waals surface area (Å²) in [7, 11) is 0. The second-order valence-electron chi connectivity index (χ2n) is 4.20. The van der Waals surface area contributed by atoms with Gasteiger partial charge in [-0.2, -0.15) is 0 Å². The Morgan fingerprint density at radius 2 is 1.45 bits per heavy atom. The summed E-state index contributed by atoms with van der Waals surface area (Å²) in [6, 6.07) is 6.79. The predicted octanol–water partition coefficient (Wildman–Crippen LogP) is 5.25. The van der Waals surface area contributed by atoms with E-state index in [0.29, 0.717) is 10.7 Å². The van der Waals surface area contributed by atoms with E-state index in [1.165, 1.54) is 24.3 Å². The van der Waals surface area contributed by atoms with Crippen molar-refractivity contribution in [3.05, 3.63) is 61.5 Å². The summed E-state index contributed by atoms with van der Waals surface area (Å²) in [5, 5.41) is 12.4. The molecule has 0 bridgehead atoms. The molecule has 0 fully saturated rings. The van der Waals surface area contributed by atoms with E-state index >= 15 is 0 Å². The Balaban J connectivity index is 2.41. The van der Waals surface area contributed by atoms with Gasteiger partial charge in [0, 0.05) is 5.02 Å². The quantitative estimate of drug-likeness (QED) is 0.766. The second-order valence-corrected chi connectivity index (χ2v) is 5.85. The van der Waals surface area contributed by atoms with Gasteiger partial charge in [-0.05, 0) is 30.3 Å². The molecule has 2 aromatic carbocycles. The van der Waals surface area contributed by atoms with E-state index in [-0.39, 0.29) is 26.2 Å². The molecule has 4 nitrogen and oxygen atoms in total. The van der Waals surface area contributed by atoms with Crippen LogP contribution in [0.2, 0.25) is 20.1 Å². The Morgan fingerprint density at radius 3 is 2.00 bits per heavy atom. The van der Waals surface area contributed by atoms with Crippen molar-refractivity contribution >= 4 is 64.0 Å². The van der Waals surface area contributed by atoms with E-state index in [0.717, 1.165) is 6.07 Å². The largest absolute Gasteiger partial charge is 0.478 e. The van der Waals surface area contributed by atoms with Crippen LogP contribution in [0.3, 0.4) is 0 Å². The van der Waals surface area contributed by atoms with Crippen LogP contribution < -0.4 is 5.32 Å². The fourth-order valence-electron chi connectivity index (χ4n) is 1.69. The monoisotopic (exact) mass is 377 g/mol. The maximum atomic E-state index is 12.3. The zero-order valence-corrected chi connectivity index (χ0v) is 13.7. The summed E-state index contributed by atoms with van der Waals surface area (Å²) < 4.78 is 0. The highest BCUT2D eigenvalue weighted by Crippen LogP contribution is 2.29. The number of carbonyl (C=O) groups excluding carboxylic acids is 1. The lowest BCUT2D eigenvalue weighted by Crippen LogP contribution is -2.16. The highest BCUT2D eigenvalue weighted by molar-refractivity contribution is 6.42. The van der Waals surface area contributed by atoms with Crippen molar-refractivity contribution in [3.63, 3.8) is 0 Å². The van der Waals surface area contributed by atoms with Crippen LogP contribution in [0.15, 0.2) is 30.3 Å². The first-order chi connectivity index (χ1) is 10.3. The van der Waals surface area contributed by atoms with Crippen molar-refractivity contribution in [1.82, 2.24) is 0 Å². The molecule has 22 heavy (non-hydrogen) atoms. The van der Waals surface area contributed by atoms with Crippen molar-refractivity contribution in [3.8, 4) is 0 Å². The molecule has 0 aliphatic heterocycles. The molecule has 0 spiro atoms. The van der Waals surface area contributed by atoms with E-state index in [4.69, 9.17) is 51.5 Å². The topological polar surface area (TPSA) is 66.4 Å². The molecule has 0 unspecified atom stereocenters. The normalized spacial score (nSPS) is 10.4. The molecule has 0 aromatic heterocycles. The lowest BCUT2D eigenvalue weighted by Gasteiger charge is -2.10. The first-order valence-corrected chi connectivity index (χ1v) is 7.29. The van der Waals surface area contributed by atoms with Crippen LogP contribution in [0.25, 0.3) is 0 Å². The summed E-state index contributed by atoms with van der Waals surface area (Å²) in [6.07, 6.45) is 0. The Hall–Kier alpha value is -1.46. The van der Waals surface area contributed by atoms with E-state index in [1.807, 2.05) is 0 Å². The molecule has 8 heteroatoms. The van der Waals surface area contributed by atoms with Crippen LogP contribution in [0.1, 0.15) is 20.7 Å². The smallest absolute Gasteiger partial charge is 0.336 e. The summed E-state index contributed by atoms with van der Waals surface area (Å²) in [5.74, 6) is -1.98. The van der Waals surface area contributed by atoms with Gasteiger partial charge in [0.05, 0.1) is 31.9 Å². The minimum Gasteiger partial charge on any atom is -0.478 e. The molecule has 0 saturated carbocycles. The number of carbonyl (C=O) groups is 2. The van der Waals surface area contributed by atoms with Crippen LogP contribution >= 0.6 is 46.4 Å². The van der Waals surface area contributed by atoms with Crippen LogP contribution in [-0.2, 0) is 0 Å². The van der Waals surface area contributed by atoms with Crippen molar-refractivity contribution in [1.29, 1.82) is 0 Å². The minimum atomic E-state index is -1.30. The molecule has 0 saturated heterocycles. The molecular weight excluding hydrogens is 372 g/mol. The summed E-state index contributed by atoms with van der Waals surface area (Å²) in [5.41, 5.74) is -0.108. The molecule has 114 valence electrons. The number of halogens is 4. The Kier molecular flexibility index (Phi) is 5.19. The molecule has 2 aromatic rings. The molecular formula is C14H7Cl4NO3. The molecule has 0 radical (unpaired) electrons. The van der Waals surface area contributed by atoms with E-state index in [1.54, 1.807) is 0 Å². The fourth-order valence-corrected chi connectivity index (χ4v) is 2.48. The van der Waals surface area contributed by atoms with Gasteiger partial charge in [0.2, 0.25) is 0 Å². The SMILES string of the molecule is O=C(O)c1cc(Cl)c(Cl)cc1C(=O)Nc1ccc(Cl)cc1Cl. The van der Waals surface area contributed by atoms with Crippen molar-refractivity contribution in [2.45, 2.75) is 0 Å². The number of hydrogen-bond donors (Lipinski definition) is 2. The van der Waals surface area contributed by atoms with Gasteiger partial charge in [-0.1, -0.05) is 46.4 Å². The van der Waals surface area contributed by atoms with Crippen LogP contribution in [-0.4, -0.2) is 17.0 Å². The number of rotatable bonds is 3. The highest BCUT2D eigenvalue weighted by Gasteiger charge is 2.20. The third kappa shape index (κ3) is 3.65. The number of amides is 1. The summed E-state index contributed by atoms with van der Waals surface area (Å²) in [6.45, 7) is 0. The number of carboxylic acids is 1. The zero-order valence-electron chi connectivity index (χ0n) is 10.7. The van der Waals surface area contributed by atoms with Gasteiger partial charge in [0.15, 0.2) is 0 Å². The molecule has 1 amide bonds. The first kappa shape index (κ1) is 16.9. The number of aromatic carboxylic acids is 1. The van der Waals surface area contributed by atoms with Crippen LogP contribution in [0.5, 0.6) is 0 Å². The summed E-state index contributed by atoms with van der Waals surface area (Å²) in [4.78, 5) is 23.5. The number of anilines is 1. The average Bonchev–Trinajstić information content (AvgIpc) is 2.44. The standard InChI is InChI=1S/C14H7Cl4NO3/c15-6-1-2-12(11(18)3-6)19-13(20)7-4-9(16)10(17)5-8(7)14(21)22/h1-5H,(H,19,20)(H,21,22). The summed E-state index contributed by atoms with van der Waals surface area (Å²) >= 11 is 23.3.